The summed E-state index contributed by atoms with van der Waals surface area (Å²) in [6, 6.07) is 14.1. The molecule has 1 fully saturated rings. The van der Waals surface area contributed by atoms with Gasteiger partial charge >= 0.3 is 0 Å². The number of aromatic nitrogens is 2. The molecule has 1 atom stereocenters. The topological polar surface area (TPSA) is 70.1 Å². The molecule has 0 bridgehead atoms. The average molecular weight is 334 g/mol. The van der Waals surface area contributed by atoms with Crippen molar-refractivity contribution in [3.8, 4) is 17.0 Å². The van der Waals surface area contributed by atoms with Gasteiger partial charge < -0.3 is 15.7 Å². The molecule has 5 heteroatoms. The average Bonchev–Trinajstić information content (AvgIpc) is 2.64. The number of hydrogen-bond donors (Lipinski definition) is 3. The molecule has 1 aliphatic heterocycles. The standard InChI is InChI=1S/C20H22N4O/c1-13-8-9-17(18(25)11-13)19-15-6-2-3-7-16(15)20(24-23-19)22-14-5-4-10-21-12-14/h2-3,6-9,11,14,21,25H,4-5,10,12H2,1H3,(H,22,24). The third kappa shape index (κ3) is 3.15. The Labute approximate surface area is 147 Å². The molecule has 0 radical (unpaired) electrons. The number of aromatic hydroxyl groups is 1. The van der Waals surface area contributed by atoms with Crippen molar-refractivity contribution in [3.05, 3.63) is 48.0 Å². The van der Waals surface area contributed by atoms with Gasteiger partial charge in [-0.25, -0.2) is 0 Å². The first kappa shape index (κ1) is 15.8. The molecular weight excluding hydrogens is 312 g/mol. The lowest BCUT2D eigenvalue weighted by molar-refractivity contribution is 0.476. The Hall–Kier alpha value is -2.66. The van der Waals surface area contributed by atoms with Crippen molar-refractivity contribution in [2.75, 3.05) is 18.4 Å². The predicted molar refractivity (Wildman–Crippen MR) is 101 cm³/mol. The molecule has 2 aromatic carbocycles. The first-order chi connectivity index (χ1) is 12.2. The van der Waals surface area contributed by atoms with Crippen LogP contribution in [0.2, 0.25) is 0 Å². The maximum Gasteiger partial charge on any atom is 0.156 e. The summed E-state index contributed by atoms with van der Waals surface area (Å²) in [7, 11) is 0. The second-order valence-electron chi connectivity index (χ2n) is 6.65. The van der Waals surface area contributed by atoms with Gasteiger partial charge in [-0.1, -0.05) is 30.3 Å². The molecule has 0 saturated carbocycles. The smallest absolute Gasteiger partial charge is 0.156 e. The highest BCUT2D eigenvalue weighted by Crippen LogP contribution is 2.35. The number of piperidine rings is 1. The fraction of sp³-hybridized carbons (Fsp3) is 0.300. The van der Waals surface area contributed by atoms with E-state index in [1.165, 1.54) is 6.42 Å². The van der Waals surface area contributed by atoms with Crippen molar-refractivity contribution in [2.24, 2.45) is 0 Å². The van der Waals surface area contributed by atoms with E-state index in [0.29, 0.717) is 17.3 Å². The zero-order chi connectivity index (χ0) is 17.2. The maximum absolute atomic E-state index is 10.3. The number of phenols is 1. The Balaban J connectivity index is 1.78. The Morgan fingerprint density at radius 1 is 1.12 bits per heavy atom. The summed E-state index contributed by atoms with van der Waals surface area (Å²) in [5.41, 5.74) is 2.43. The second-order valence-corrected chi connectivity index (χ2v) is 6.65. The minimum atomic E-state index is 0.233. The van der Waals surface area contributed by atoms with Crippen molar-refractivity contribution in [1.29, 1.82) is 0 Å². The fourth-order valence-corrected chi connectivity index (χ4v) is 3.42. The van der Waals surface area contributed by atoms with Crippen LogP contribution in [0.3, 0.4) is 0 Å². The number of aryl methyl sites for hydroxylation is 1. The van der Waals surface area contributed by atoms with Gasteiger partial charge in [0.25, 0.3) is 0 Å². The van der Waals surface area contributed by atoms with Crippen molar-refractivity contribution >= 4 is 16.6 Å². The van der Waals surface area contributed by atoms with E-state index in [9.17, 15) is 5.11 Å². The number of fused-ring (bicyclic) bond motifs is 1. The van der Waals surface area contributed by atoms with Crippen LogP contribution >= 0.6 is 0 Å². The predicted octanol–water partition coefficient (Wildman–Crippen LogP) is 3.47. The van der Waals surface area contributed by atoms with Gasteiger partial charge in [-0.2, -0.15) is 0 Å². The van der Waals surface area contributed by atoms with Gasteiger partial charge in [-0.15, -0.1) is 10.2 Å². The zero-order valence-corrected chi connectivity index (χ0v) is 14.3. The van der Waals surface area contributed by atoms with Gasteiger partial charge in [0.05, 0.1) is 0 Å². The molecule has 1 aromatic heterocycles. The zero-order valence-electron chi connectivity index (χ0n) is 14.3. The summed E-state index contributed by atoms with van der Waals surface area (Å²) in [6.07, 6.45) is 2.29. The highest BCUT2D eigenvalue weighted by Gasteiger charge is 2.17. The number of nitrogens with zero attached hydrogens (tertiary/aromatic N) is 2. The molecule has 2 heterocycles. The van der Waals surface area contributed by atoms with Gasteiger partial charge in [-0.3, -0.25) is 0 Å². The lowest BCUT2D eigenvalue weighted by Crippen LogP contribution is -2.38. The lowest BCUT2D eigenvalue weighted by atomic mass is 10.0. The molecule has 0 aliphatic carbocycles. The van der Waals surface area contributed by atoms with Gasteiger partial charge in [0.1, 0.15) is 11.4 Å². The monoisotopic (exact) mass is 334 g/mol. The van der Waals surface area contributed by atoms with Crippen LogP contribution in [0, 0.1) is 6.92 Å². The van der Waals surface area contributed by atoms with E-state index in [1.54, 1.807) is 6.07 Å². The van der Waals surface area contributed by atoms with Crippen LogP contribution in [0.5, 0.6) is 5.75 Å². The molecule has 5 nitrogen and oxygen atoms in total. The number of phenolic OH excluding ortho intramolecular Hbond substituents is 1. The molecular formula is C20H22N4O. The lowest BCUT2D eigenvalue weighted by Gasteiger charge is -2.24. The van der Waals surface area contributed by atoms with Gasteiger partial charge in [0.2, 0.25) is 0 Å². The molecule has 3 aromatic rings. The molecule has 128 valence electrons. The molecule has 3 N–H and O–H groups in total. The van der Waals surface area contributed by atoms with Crippen LogP contribution in [-0.2, 0) is 0 Å². The summed E-state index contributed by atoms with van der Waals surface area (Å²) >= 11 is 0. The van der Waals surface area contributed by atoms with E-state index in [4.69, 9.17) is 0 Å². The molecule has 0 amide bonds. The summed E-state index contributed by atoms with van der Waals surface area (Å²) in [4.78, 5) is 0. The maximum atomic E-state index is 10.3. The number of nitrogens with one attached hydrogen (secondary N) is 2. The minimum Gasteiger partial charge on any atom is -0.507 e. The Kier molecular flexibility index (Phi) is 4.24. The Morgan fingerprint density at radius 2 is 1.96 bits per heavy atom. The molecule has 0 spiro atoms. The van der Waals surface area contributed by atoms with Crippen LogP contribution in [0.25, 0.3) is 22.0 Å². The van der Waals surface area contributed by atoms with Crippen LogP contribution in [0.4, 0.5) is 5.82 Å². The van der Waals surface area contributed by atoms with E-state index in [1.807, 2.05) is 37.3 Å². The fourth-order valence-electron chi connectivity index (χ4n) is 3.42. The van der Waals surface area contributed by atoms with Crippen LogP contribution in [-0.4, -0.2) is 34.4 Å². The molecule has 25 heavy (non-hydrogen) atoms. The molecule has 1 unspecified atom stereocenters. The highest BCUT2D eigenvalue weighted by atomic mass is 16.3. The number of anilines is 1. The SMILES string of the molecule is Cc1ccc(-c2nnc(NC3CCCNC3)c3ccccc23)c(O)c1. The summed E-state index contributed by atoms with van der Waals surface area (Å²) in [6.45, 7) is 3.98. The van der Waals surface area contributed by atoms with Gasteiger partial charge in [0, 0.05) is 28.9 Å². The van der Waals surface area contributed by atoms with E-state index in [2.05, 4.69) is 26.9 Å². The van der Waals surface area contributed by atoms with Gasteiger partial charge in [-0.05, 0) is 44.0 Å². The third-order valence-electron chi connectivity index (χ3n) is 4.73. The second kappa shape index (κ2) is 6.69. The molecule has 1 saturated heterocycles. The van der Waals surface area contributed by atoms with Gasteiger partial charge in [0.15, 0.2) is 5.82 Å². The van der Waals surface area contributed by atoms with E-state index < -0.39 is 0 Å². The van der Waals surface area contributed by atoms with E-state index in [0.717, 1.165) is 41.7 Å². The van der Waals surface area contributed by atoms with Crippen molar-refractivity contribution in [2.45, 2.75) is 25.8 Å². The Bertz CT molecular complexity index is 903. The minimum absolute atomic E-state index is 0.233. The first-order valence-electron chi connectivity index (χ1n) is 8.75. The van der Waals surface area contributed by atoms with Crippen LogP contribution < -0.4 is 10.6 Å². The highest BCUT2D eigenvalue weighted by molar-refractivity contribution is 6.00. The van der Waals surface area contributed by atoms with Crippen molar-refractivity contribution < 1.29 is 5.11 Å². The van der Waals surface area contributed by atoms with E-state index >= 15 is 0 Å². The van der Waals surface area contributed by atoms with Crippen molar-refractivity contribution in [1.82, 2.24) is 15.5 Å². The molecule has 4 rings (SSSR count). The normalized spacial score (nSPS) is 17.6. The third-order valence-corrected chi connectivity index (χ3v) is 4.73. The van der Waals surface area contributed by atoms with Crippen LogP contribution in [0.15, 0.2) is 42.5 Å². The van der Waals surface area contributed by atoms with E-state index in [-0.39, 0.29) is 5.75 Å². The number of benzene rings is 2. The number of hydrogen-bond acceptors (Lipinski definition) is 5. The molecule has 1 aliphatic rings. The summed E-state index contributed by atoms with van der Waals surface area (Å²) in [5, 5.41) is 28.2. The summed E-state index contributed by atoms with van der Waals surface area (Å²) in [5.74, 6) is 1.04. The summed E-state index contributed by atoms with van der Waals surface area (Å²) < 4.78 is 0. The first-order valence-corrected chi connectivity index (χ1v) is 8.75. The van der Waals surface area contributed by atoms with Crippen molar-refractivity contribution in [3.63, 3.8) is 0 Å². The largest absolute Gasteiger partial charge is 0.507 e. The number of rotatable bonds is 3. The Morgan fingerprint density at radius 3 is 2.72 bits per heavy atom. The van der Waals surface area contributed by atoms with Crippen LogP contribution in [0.1, 0.15) is 18.4 Å². The quantitative estimate of drug-likeness (QED) is 0.684.